The van der Waals surface area contributed by atoms with Crippen LogP contribution < -0.4 is 43.0 Å². The van der Waals surface area contributed by atoms with Gasteiger partial charge in [0.1, 0.15) is 29.3 Å². The molecule has 1 saturated carbocycles. The van der Waals surface area contributed by atoms with Gasteiger partial charge in [-0.05, 0) is 171 Å². The number of amides is 7. The summed E-state index contributed by atoms with van der Waals surface area (Å²) in [4.78, 5) is 101. The van der Waals surface area contributed by atoms with Crippen LogP contribution in [0.5, 0.6) is 0 Å². The van der Waals surface area contributed by atoms with E-state index in [9.17, 15) is 51.1 Å². The third kappa shape index (κ3) is 29.7. The Morgan fingerprint density at radius 2 is 0.734 bits per heavy atom. The van der Waals surface area contributed by atoms with Crippen LogP contribution in [0.2, 0.25) is 5.02 Å². The molecule has 9 aromatic carbocycles. The Kier molecular flexibility index (Phi) is 37.4. The highest BCUT2D eigenvalue weighted by atomic mass is 35.5. The van der Waals surface area contributed by atoms with E-state index < -0.39 is 41.3 Å². The average molecular weight is 1760 g/mol. The number of hydrogen-bond acceptors (Lipinski definition) is 12. The molecule has 4 saturated heterocycles. The second-order valence-corrected chi connectivity index (χ2v) is 34.0. The molecular weight excluding hydrogens is 1640 g/mol. The Balaban J connectivity index is 0.000000175. The molecule has 0 radical (unpaired) electrons. The summed E-state index contributed by atoms with van der Waals surface area (Å²) in [6.07, 6.45) is 20.3. The molecule has 6 atom stereocenters. The zero-order chi connectivity index (χ0) is 89.8. The summed E-state index contributed by atoms with van der Waals surface area (Å²) in [5, 5.41) is 22.9. The Morgan fingerprint density at radius 3 is 1.10 bits per heavy atom. The number of piperidine rings is 1. The Hall–Kier alpha value is -11.7. The van der Waals surface area contributed by atoms with Gasteiger partial charge < -0.3 is 57.2 Å². The second-order valence-electron chi connectivity index (χ2n) is 33.6. The summed E-state index contributed by atoms with van der Waals surface area (Å²) >= 11 is 5.96. The highest BCUT2D eigenvalue weighted by Gasteiger charge is 2.37. The van der Waals surface area contributed by atoms with Gasteiger partial charge in [0, 0.05) is 160 Å². The van der Waals surface area contributed by atoms with E-state index in [0.717, 1.165) is 97.4 Å². The smallest absolute Gasteiger partial charge is 0.244 e. The molecule has 0 spiro atoms. The van der Waals surface area contributed by atoms with Gasteiger partial charge in [0.15, 0.2) is 0 Å². The molecule has 128 heavy (non-hydrogen) atoms. The number of hydrogen-bond donors (Lipinski definition) is 8. The topological polar surface area (TPSA) is 243 Å². The largest absolute Gasteiger partial charge is 0.354 e. The van der Waals surface area contributed by atoms with Crippen molar-refractivity contribution in [3.63, 3.8) is 0 Å². The van der Waals surface area contributed by atoms with Gasteiger partial charge in [-0.2, -0.15) is 0 Å². The molecule has 672 valence electrons. The molecule has 5 fully saturated rings. The first-order valence-electron chi connectivity index (χ1n) is 45.0. The molecule has 0 bridgehead atoms. The van der Waals surface area contributed by atoms with Crippen LogP contribution in [0.4, 0.5) is 17.6 Å². The summed E-state index contributed by atoms with van der Waals surface area (Å²) in [5.74, 6) is -3.64. The van der Waals surface area contributed by atoms with Crippen molar-refractivity contribution >= 4 is 71.2 Å². The Morgan fingerprint density at radius 1 is 0.391 bits per heavy atom. The van der Waals surface area contributed by atoms with E-state index in [1.807, 2.05) is 136 Å². The van der Waals surface area contributed by atoms with Crippen LogP contribution in [-0.2, 0) is 33.6 Å². The minimum Gasteiger partial charge on any atom is -0.354 e. The Labute approximate surface area is 754 Å². The molecular formula is C104H119ClF4N12O7. The van der Waals surface area contributed by atoms with Crippen molar-refractivity contribution in [2.75, 3.05) is 91.6 Å². The van der Waals surface area contributed by atoms with Crippen molar-refractivity contribution in [3.05, 3.63) is 339 Å². The van der Waals surface area contributed by atoms with Crippen molar-refractivity contribution < 1.29 is 51.1 Å². The van der Waals surface area contributed by atoms with E-state index in [-0.39, 0.29) is 107 Å². The minimum atomic E-state index is -0.739. The molecule has 9 aromatic rings. The molecule has 9 N–H and O–H groups in total. The van der Waals surface area contributed by atoms with E-state index in [4.69, 9.17) is 17.3 Å². The number of nitrogens with one attached hydrogen (secondary N) is 7. The SMILES string of the molecule is NCC[C@@H]1N[C@H](CNC(=O)/C=C/c2ccc(F)cc2F)CCN(CC(c2ccccc2)c2ccccc2)C1=O.O=C(/C=C/c1ccc(Cl)cc1)NC[C@@H]1CCN(CC(c2ccccc2)c2ccccc2)C(=O)[C@H](CNC(=O)C2CCCCC2)N1.O=C(/C=C/c1ccc(F)cc1F)NC[C@@H]1CCN(CC(c2ccccc2)c2ccccc2)C(=O)[C@H](CCN2CCCCC2)N1. The number of carbonyl (C=O) groups is 7. The predicted octanol–water partition coefficient (Wildman–Crippen LogP) is 14.8. The number of carbonyl (C=O) groups excluding carboxylic acids is 7. The molecule has 19 nitrogen and oxygen atoms in total. The number of likely N-dealkylation sites (tertiary alicyclic amines) is 1. The maximum absolute atomic E-state index is 14.1. The Bertz CT molecular complexity index is 4980. The maximum atomic E-state index is 14.1. The third-order valence-electron chi connectivity index (χ3n) is 24.5. The van der Waals surface area contributed by atoms with E-state index in [1.165, 1.54) is 79.3 Å². The summed E-state index contributed by atoms with van der Waals surface area (Å²) in [5.41, 5.74) is 13.9. The molecule has 4 heterocycles. The number of nitrogens with two attached hydrogens (primary N) is 1. The molecule has 14 rings (SSSR count). The van der Waals surface area contributed by atoms with Gasteiger partial charge in [-0.15, -0.1) is 0 Å². The van der Waals surface area contributed by atoms with E-state index in [2.05, 4.69) is 115 Å². The normalized spacial score (nSPS) is 19.1. The second kappa shape index (κ2) is 50.2. The summed E-state index contributed by atoms with van der Waals surface area (Å²) < 4.78 is 54.1. The summed E-state index contributed by atoms with van der Waals surface area (Å²) in [6.45, 7) is 7.78. The van der Waals surface area contributed by atoms with Crippen LogP contribution in [0.1, 0.15) is 151 Å². The zero-order valence-corrected chi connectivity index (χ0v) is 73.3. The van der Waals surface area contributed by atoms with Crippen molar-refractivity contribution in [2.45, 2.75) is 137 Å². The summed E-state index contributed by atoms with van der Waals surface area (Å²) in [6, 6.07) is 73.4. The highest BCUT2D eigenvalue weighted by Crippen LogP contribution is 2.32. The van der Waals surface area contributed by atoms with E-state index in [1.54, 1.807) is 18.2 Å². The van der Waals surface area contributed by atoms with Crippen LogP contribution in [0.15, 0.2) is 261 Å². The molecule has 5 aliphatic rings. The molecule has 1 aliphatic carbocycles. The van der Waals surface area contributed by atoms with Gasteiger partial charge in [0.05, 0.1) is 12.1 Å². The van der Waals surface area contributed by atoms with E-state index in [0.29, 0.717) is 96.0 Å². The lowest BCUT2D eigenvalue weighted by molar-refractivity contribution is -0.134. The lowest BCUT2D eigenvalue weighted by atomic mass is 9.88. The molecule has 0 unspecified atom stereocenters. The summed E-state index contributed by atoms with van der Waals surface area (Å²) in [7, 11) is 0. The number of nitrogens with zero attached hydrogens (tertiary/aromatic N) is 4. The maximum Gasteiger partial charge on any atom is 0.244 e. The first kappa shape index (κ1) is 95.4. The first-order valence-corrected chi connectivity index (χ1v) is 45.4. The van der Waals surface area contributed by atoms with Crippen molar-refractivity contribution in [2.24, 2.45) is 11.7 Å². The molecule has 4 aliphatic heterocycles. The van der Waals surface area contributed by atoms with Crippen LogP contribution in [0, 0.1) is 29.2 Å². The lowest BCUT2D eigenvalue weighted by Crippen LogP contribution is -2.54. The molecule has 24 heteroatoms. The number of rotatable bonds is 32. The standard InChI is InChI=1S/C37H43ClN4O3.C36H42F2N4O2.C31H34F2N4O2/c38-31-19-16-27(17-20-31)18-21-35(43)39-24-32-22-23-42(26-33(28-10-4-1-5-11-28)29-12-6-2-7-13-29)37(45)34(41-32)25-40-36(44)30-14-8-3-9-15-30;37-30-16-14-29(33(38)24-30)15-17-35(43)39-25-31-18-23-42(36(44)34(40-31)19-22-41-20-8-3-9-21-41)26-32(27-10-4-1-5-11-27)28-12-6-2-7-13-28;32-25-13-11-24(28(33)19-25)12-14-30(38)35-20-26-16-18-37(31(39)29(36-26)15-17-34)21-27(22-7-3-1-4-8-22)23-9-5-2-6-10-23/h1-2,4-7,10-13,16-21,30,32-34,41H,3,8-9,14-15,22-26H2,(H,39,43)(H,40,44);1-2,4-7,10-17,24,31-32,34,40H,3,8-9,18-23,25-26H2,(H,39,43);1-14,19,26-27,29,36H,15-18,20-21,34H2,(H,35,38)/b21-18+;17-15+;14-12+/t32-,34-;31-,34-;26-,29-/m000/s1. The van der Waals surface area contributed by atoms with Gasteiger partial charge in [-0.3, -0.25) is 38.9 Å². The van der Waals surface area contributed by atoms with Gasteiger partial charge in [-0.1, -0.05) is 231 Å². The third-order valence-corrected chi connectivity index (χ3v) is 24.8. The van der Waals surface area contributed by atoms with E-state index >= 15 is 0 Å². The van der Waals surface area contributed by atoms with Gasteiger partial charge in [-0.25, -0.2) is 17.6 Å². The zero-order valence-electron chi connectivity index (χ0n) is 72.5. The average Bonchev–Trinajstić information content (AvgIpc) is 1.56. The highest BCUT2D eigenvalue weighted by molar-refractivity contribution is 6.30. The lowest BCUT2D eigenvalue weighted by Gasteiger charge is -2.31. The van der Waals surface area contributed by atoms with Gasteiger partial charge in [0.25, 0.3) is 0 Å². The van der Waals surface area contributed by atoms with Crippen molar-refractivity contribution in [3.8, 4) is 0 Å². The first-order chi connectivity index (χ1) is 62.4. The van der Waals surface area contributed by atoms with Crippen LogP contribution in [-0.4, -0.2) is 189 Å². The fourth-order valence-corrected chi connectivity index (χ4v) is 17.5. The number of halogens is 5. The minimum absolute atomic E-state index is 0.00202. The van der Waals surface area contributed by atoms with Crippen molar-refractivity contribution in [1.82, 2.24) is 56.8 Å². The van der Waals surface area contributed by atoms with Gasteiger partial charge >= 0.3 is 0 Å². The van der Waals surface area contributed by atoms with Crippen LogP contribution >= 0.6 is 11.6 Å². The number of benzene rings is 9. The van der Waals surface area contributed by atoms with Crippen molar-refractivity contribution in [1.29, 1.82) is 0 Å². The molecule has 7 amide bonds. The van der Waals surface area contributed by atoms with Crippen LogP contribution in [0.3, 0.4) is 0 Å². The predicted molar refractivity (Wildman–Crippen MR) is 498 cm³/mol. The van der Waals surface area contributed by atoms with Gasteiger partial charge in [0.2, 0.25) is 41.4 Å². The van der Waals surface area contributed by atoms with Crippen LogP contribution in [0.25, 0.3) is 18.2 Å². The fraction of sp³-hybridized carbons (Fsp3) is 0.356. The molecule has 0 aromatic heterocycles. The monoisotopic (exact) mass is 1760 g/mol. The quantitative estimate of drug-likeness (QED) is 0.0145. The fourth-order valence-electron chi connectivity index (χ4n) is 17.4.